The lowest BCUT2D eigenvalue weighted by Gasteiger charge is -2.23. The van der Waals surface area contributed by atoms with E-state index in [0.717, 1.165) is 13.1 Å². The summed E-state index contributed by atoms with van der Waals surface area (Å²) in [6.07, 6.45) is 4.65. The molecule has 0 bridgehead atoms. The van der Waals surface area contributed by atoms with E-state index in [0.29, 0.717) is 5.92 Å². The van der Waals surface area contributed by atoms with Crippen molar-refractivity contribution in [1.29, 1.82) is 0 Å². The molecule has 2 rings (SSSR count). The molecule has 0 aromatic heterocycles. The Labute approximate surface area is 110 Å². The first kappa shape index (κ1) is 13.0. The fourth-order valence-electron chi connectivity index (χ4n) is 2.49. The Morgan fingerprint density at radius 3 is 2.50 bits per heavy atom. The van der Waals surface area contributed by atoms with Gasteiger partial charge in [0.05, 0.1) is 0 Å². The van der Waals surface area contributed by atoms with Crippen LogP contribution in [-0.2, 0) is 0 Å². The molecule has 96 valence electrons. The molecule has 1 aliphatic rings. The van der Waals surface area contributed by atoms with Crippen molar-refractivity contribution in [2.24, 2.45) is 10.9 Å². The molecule has 0 saturated carbocycles. The minimum Gasteiger partial charge on any atom is -0.317 e. The molecule has 1 aromatic carbocycles. The van der Waals surface area contributed by atoms with E-state index in [4.69, 9.17) is 0 Å². The Hall–Kier alpha value is -1.41. The van der Waals surface area contributed by atoms with Gasteiger partial charge in [0.25, 0.3) is 0 Å². The Morgan fingerprint density at radius 1 is 1.22 bits per heavy atom. The fourth-order valence-corrected chi connectivity index (χ4v) is 2.49. The number of allylic oxidation sites excluding steroid dienone is 2. The summed E-state index contributed by atoms with van der Waals surface area (Å²) in [7, 11) is 1.91. The smallest absolute Gasteiger partial charge is 0.0379 e. The summed E-state index contributed by atoms with van der Waals surface area (Å²) < 4.78 is 0. The summed E-state index contributed by atoms with van der Waals surface area (Å²) in [5, 5.41) is 3.40. The molecule has 0 aliphatic carbocycles. The Bertz CT molecular complexity index is 426. The molecule has 1 heterocycles. The second kappa shape index (κ2) is 6.50. The van der Waals surface area contributed by atoms with Crippen LogP contribution in [0.15, 0.2) is 41.4 Å². The highest BCUT2D eigenvalue weighted by molar-refractivity contribution is 6.02. The molecule has 0 atom stereocenters. The van der Waals surface area contributed by atoms with Gasteiger partial charge >= 0.3 is 0 Å². The SMILES string of the molecule is CN=C(/C=C(\C)c1ccccc1)C1CCNCC1. The molecule has 0 radical (unpaired) electrons. The number of hydrogen-bond donors (Lipinski definition) is 1. The minimum absolute atomic E-state index is 0.620. The number of hydrogen-bond acceptors (Lipinski definition) is 2. The lowest BCUT2D eigenvalue weighted by Crippen LogP contribution is -2.31. The van der Waals surface area contributed by atoms with E-state index >= 15 is 0 Å². The number of aliphatic imine (C=N–C) groups is 1. The summed E-state index contributed by atoms with van der Waals surface area (Å²) in [4.78, 5) is 4.49. The number of nitrogens with zero attached hydrogens (tertiary/aromatic N) is 1. The van der Waals surface area contributed by atoms with Crippen LogP contribution >= 0.6 is 0 Å². The van der Waals surface area contributed by atoms with Crippen LogP contribution in [0.25, 0.3) is 5.57 Å². The van der Waals surface area contributed by atoms with Crippen molar-refractivity contribution in [3.8, 4) is 0 Å². The van der Waals surface area contributed by atoms with Gasteiger partial charge < -0.3 is 5.32 Å². The van der Waals surface area contributed by atoms with Gasteiger partial charge in [0.2, 0.25) is 0 Å². The average molecular weight is 242 g/mol. The van der Waals surface area contributed by atoms with E-state index in [-0.39, 0.29) is 0 Å². The molecular weight excluding hydrogens is 220 g/mol. The molecule has 2 nitrogen and oxygen atoms in total. The van der Waals surface area contributed by atoms with Gasteiger partial charge in [-0.05, 0) is 50.1 Å². The highest BCUT2D eigenvalue weighted by Gasteiger charge is 2.17. The first-order valence-corrected chi connectivity index (χ1v) is 6.72. The zero-order chi connectivity index (χ0) is 12.8. The van der Waals surface area contributed by atoms with Gasteiger partial charge in [-0.15, -0.1) is 0 Å². The molecule has 1 fully saturated rings. The van der Waals surface area contributed by atoms with Crippen molar-refractivity contribution >= 4 is 11.3 Å². The standard InChI is InChI=1S/C16H22N2/c1-13(14-6-4-3-5-7-14)12-16(17-2)15-8-10-18-11-9-15/h3-7,12,15,18H,8-11H2,1-2H3/b13-12+,17-16?. The Balaban J connectivity index is 2.14. The second-order valence-electron chi connectivity index (χ2n) is 4.87. The molecule has 1 aliphatic heterocycles. The molecule has 0 spiro atoms. The van der Waals surface area contributed by atoms with Crippen LogP contribution in [0.4, 0.5) is 0 Å². The van der Waals surface area contributed by atoms with Gasteiger partial charge in [-0.25, -0.2) is 0 Å². The van der Waals surface area contributed by atoms with Crippen LogP contribution in [0.1, 0.15) is 25.3 Å². The third-order valence-corrected chi connectivity index (χ3v) is 3.61. The number of rotatable bonds is 3. The summed E-state index contributed by atoms with van der Waals surface area (Å²) in [5.74, 6) is 0.620. The maximum absolute atomic E-state index is 4.49. The van der Waals surface area contributed by atoms with Crippen molar-refractivity contribution < 1.29 is 0 Å². The molecule has 1 aromatic rings. The number of benzene rings is 1. The number of piperidine rings is 1. The largest absolute Gasteiger partial charge is 0.317 e. The van der Waals surface area contributed by atoms with Crippen molar-refractivity contribution in [2.75, 3.05) is 20.1 Å². The van der Waals surface area contributed by atoms with Crippen LogP contribution in [0.5, 0.6) is 0 Å². The summed E-state index contributed by atoms with van der Waals surface area (Å²) in [6, 6.07) is 10.5. The summed E-state index contributed by atoms with van der Waals surface area (Å²) in [6.45, 7) is 4.39. The third kappa shape index (κ3) is 3.30. The molecule has 0 amide bonds. The first-order valence-electron chi connectivity index (χ1n) is 6.72. The maximum atomic E-state index is 4.49. The van der Waals surface area contributed by atoms with Crippen LogP contribution in [0.3, 0.4) is 0 Å². The summed E-state index contributed by atoms with van der Waals surface area (Å²) in [5.41, 5.74) is 3.83. The van der Waals surface area contributed by atoms with Crippen molar-refractivity contribution in [2.45, 2.75) is 19.8 Å². The minimum atomic E-state index is 0.620. The lowest BCUT2D eigenvalue weighted by atomic mass is 9.91. The van der Waals surface area contributed by atoms with E-state index in [2.05, 4.69) is 53.6 Å². The van der Waals surface area contributed by atoms with E-state index in [1.54, 1.807) is 0 Å². The first-order chi connectivity index (χ1) is 8.81. The van der Waals surface area contributed by atoms with Gasteiger partial charge in [0, 0.05) is 18.7 Å². The van der Waals surface area contributed by atoms with Gasteiger partial charge in [-0.1, -0.05) is 30.3 Å². The van der Waals surface area contributed by atoms with Crippen LogP contribution in [0, 0.1) is 5.92 Å². The highest BCUT2D eigenvalue weighted by Crippen LogP contribution is 2.19. The zero-order valence-electron chi connectivity index (χ0n) is 11.3. The van der Waals surface area contributed by atoms with Crippen molar-refractivity contribution in [3.05, 3.63) is 42.0 Å². The topological polar surface area (TPSA) is 24.4 Å². The molecule has 1 saturated heterocycles. The van der Waals surface area contributed by atoms with E-state index < -0.39 is 0 Å². The highest BCUT2D eigenvalue weighted by atomic mass is 14.9. The van der Waals surface area contributed by atoms with Crippen LogP contribution in [0.2, 0.25) is 0 Å². The Morgan fingerprint density at radius 2 is 1.89 bits per heavy atom. The van der Waals surface area contributed by atoms with Gasteiger partial charge in [0.15, 0.2) is 0 Å². The van der Waals surface area contributed by atoms with Crippen molar-refractivity contribution in [1.82, 2.24) is 5.32 Å². The molecule has 2 heteroatoms. The number of nitrogens with one attached hydrogen (secondary N) is 1. The quantitative estimate of drug-likeness (QED) is 0.809. The molecular formula is C16H22N2. The average Bonchev–Trinajstić information content (AvgIpc) is 2.46. The molecule has 0 unspecified atom stereocenters. The van der Waals surface area contributed by atoms with Crippen molar-refractivity contribution in [3.63, 3.8) is 0 Å². The van der Waals surface area contributed by atoms with Gasteiger partial charge in [0.1, 0.15) is 0 Å². The Kier molecular flexibility index (Phi) is 4.71. The predicted octanol–water partition coefficient (Wildman–Crippen LogP) is 3.16. The van der Waals surface area contributed by atoms with Crippen LogP contribution in [-0.4, -0.2) is 25.8 Å². The van der Waals surface area contributed by atoms with Gasteiger partial charge in [-0.3, -0.25) is 4.99 Å². The van der Waals surface area contributed by atoms with E-state index in [1.165, 1.54) is 29.7 Å². The molecule has 1 N–H and O–H groups in total. The zero-order valence-corrected chi connectivity index (χ0v) is 11.3. The van der Waals surface area contributed by atoms with E-state index in [9.17, 15) is 0 Å². The predicted molar refractivity (Wildman–Crippen MR) is 79.0 cm³/mol. The van der Waals surface area contributed by atoms with Crippen LogP contribution < -0.4 is 5.32 Å². The van der Waals surface area contributed by atoms with Gasteiger partial charge in [-0.2, -0.15) is 0 Å². The lowest BCUT2D eigenvalue weighted by molar-refractivity contribution is 0.457. The normalized spacial score (nSPS) is 19.0. The molecule has 18 heavy (non-hydrogen) atoms. The third-order valence-electron chi connectivity index (χ3n) is 3.61. The second-order valence-corrected chi connectivity index (χ2v) is 4.87. The maximum Gasteiger partial charge on any atom is 0.0379 e. The summed E-state index contributed by atoms with van der Waals surface area (Å²) >= 11 is 0. The monoisotopic (exact) mass is 242 g/mol. The fraction of sp³-hybridized carbons (Fsp3) is 0.438. The van der Waals surface area contributed by atoms with E-state index in [1.807, 2.05) is 7.05 Å².